The van der Waals surface area contributed by atoms with Crippen molar-refractivity contribution in [1.82, 2.24) is 15.0 Å². The van der Waals surface area contributed by atoms with Crippen LogP contribution in [-0.4, -0.2) is 19.4 Å². The maximum atomic E-state index is 12.1. The van der Waals surface area contributed by atoms with Crippen LogP contribution in [0.25, 0.3) is 0 Å². The van der Waals surface area contributed by atoms with Crippen LogP contribution in [-0.2, 0) is 23.1 Å². The van der Waals surface area contributed by atoms with Crippen LogP contribution in [0.15, 0.2) is 40.2 Å². The molecule has 112 valence electrons. The summed E-state index contributed by atoms with van der Waals surface area (Å²) >= 11 is 1.54. The summed E-state index contributed by atoms with van der Waals surface area (Å²) in [6.07, 6.45) is 4.08. The third-order valence-corrected chi connectivity index (χ3v) is 5.34. The minimum atomic E-state index is -3.55. The summed E-state index contributed by atoms with van der Waals surface area (Å²) in [6, 6.07) is 5.88. The van der Waals surface area contributed by atoms with Crippen LogP contribution >= 0.6 is 11.3 Å². The molecular weight excluding hydrogens is 306 g/mol. The molecular formula is C14H17N3O2S2. The van der Waals surface area contributed by atoms with Gasteiger partial charge in [0.2, 0.25) is 0 Å². The lowest BCUT2D eigenvalue weighted by Crippen LogP contribution is -2.24. The summed E-state index contributed by atoms with van der Waals surface area (Å²) in [5.74, 6) is 0. The number of rotatable bonds is 7. The van der Waals surface area contributed by atoms with E-state index >= 15 is 0 Å². The van der Waals surface area contributed by atoms with Gasteiger partial charge in [-0.1, -0.05) is 6.07 Å². The van der Waals surface area contributed by atoms with Crippen LogP contribution in [0.5, 0.6) is 0 Å². The van der Waals surface area contributed by atoms with Gasteiger partial charge in [-0.05, 0) is 46.9 Å². The second-order valence-electron chi connectivity index (χ2n) is 5.12. The van der Waals surface area contributed by atoms with Crippen molar-refractivity contribution in [2.45, 2.75) is 37.0 Å². The summed E-state index contributed by atoms with van der Waals surface area (Å²) in [4.78, 5) is 4.06. The summed E-state index contributed by atoms with van der Waals surface area (Å²) in [6.45, 7) is 1.03. The van der Waals surface area contributed by atoms with Gasteiger partial charge in [-0.3, -0.25) is 0 Å². The summed E-state index contributed by atoms with van der Waals surface area (Å²) in [5, 5.41) is 7.27. The molecule has 0 saturated heterocycles. The van der Waals surface area contributed by atoms with Gasteiger partial charge in [0, 0.05) is 25.3 Å². The highest BCUT2D eigenvalue weighted by atomic mass is 32.2. The largest absolute Gasteiger partial charge is 0.310 e. The van der Waals surface area contributed by atoms with E-state index in [1.165, 1.54) is 12.8 Å². The Labute approximate surface area is 128 Å². The average molecular weight is 323 g/mol. The summed E-state index contributed by atoms with van der Waals surface area (Å²) < 4.78 is 26.8. The van der Waals surface area contributed by atoms with Crippen molar-refractivity contribution in [2.75, 3.05) is 0 Å². The van der Waals surface area contributed by atoms with E-state index in [-0.39, 0.29) is 5.03 Å². The zero-order valence-electron chi connectivity index (χ0n) is 11.5. The third kappa shape index (κ3) is 4.10. The molecule has 0 amide bonds. The molecule has 7 heteroatoms. The minimum absolute atomic E-state index is 0.0629. The molecule has 2 N–H and O–H groups in total. The Kier molecular flexibility index (Phi) is 4.34. The van der Waals surface area contributed by atoms with E-state index in [2.05, 4.69) is 15.0 Å². The molecule has 1 fully saturated rings. The maximum absolute atomic E-state index is 12.1. The summed E-state index contributed by atoms with van der Waals surface area (Å²) in [5.41, 5.74) is 1.95. The fourth-order valence-corrected chi connectivity index (χ4v) is 3.48. The summed E-state index contributed by atoms with van der Waals surface area (Å²) in [7, 11) is -3.55. The maximum Gasteiger partial charge on any atom is 0.258 e. The quantitative estimate of drug-likeness (QED) is 0.816. The van der Waals surface area contributed by atoms with Crippen LogP contribution in [0.4, 0.5) is 0 Å². The third-order valence-electron chi connectivity index (χ3n) is 3.29. The van der Waals surface area contributed by atoms with Crippen molar-refractivity contribution >= 4 is 21.4 Å². The van der Waals surface area contributed by atoms with Gasteiger partial charge < -0.3 is 5.32 Å². The van der Waals surface area contributed by atoms with Crippen molar-refractivity contribution < 1.29 is 8.42 Å². The predicted octanol–water partition coefficient (Wildman–Crippen LogP) is 1.87. The van der Waals surface area contributed by atoms with Crippen molar-refractivity contribution in [3.8, 4) is 0 Å². The van der Waals surface area contributed by atoms with E-state index in [0.717, 1.165) is 17.7 Å². The molecule has 0 aliphatic heterocycles. The fourth-order valence-electron chi connectivity index (χ4n) is 1.87. The first-order valence-electron chi connectivity index (χ1n) is 6.82. The van der Waals surface area contributed by atoms with E-state index in [1.54, 1.807) is 23.6 Å². The van der Waals surface area contributed by atoms with Gasteiger partial charge in [0.05, 0.1) is 0 Å². The van der Waals surface area contributed by atoms with Gasteiger partial charge in [0.1, 0.15) is 0 Å². The van der Waals surface area contributed by atoms with Gasteiger partial charge in [0.25, 0.3) is 10.0 Å². The normalized spacial score (nSPS) is 15.2. The molecule has 0 atom stereocenters. The zero-order valence-corrected chi connectivity index (χ0v) is 13.1. The van der Waals surface area contributed by atoms with E-state index in [1.807, 2.05) is 22.9 Å². The van der Waals surface area contributed by atoms with E-state index in [0.29, 0.717) is 12.6 Å². The Morgan fingerprint density at radius 3 is 2.67 bits per heavy atom. The number of hydrogen-bond donors (Lipinski definition) is 2. The Bertz CT molecular complexity index is 678. The first-order chi connectivity index (χ1) is 10.1. The number of sulfonamides is 1. The van der Waals surface area contributed by atoms with Crippen LogP contribution in [0.2, 0.25) is 0 Å². The van der Waals surface area contributed by atoms with E-state index < -0.39 is 10.0 Å². The van der Waals surface area contributed by atoms with Crippen LogP contribution in [0, 0.1) is 0 Å². The molecule has 21 heavy (non-hydrogen) atoms. The topological polar surface area (TPSA) is 71.1 Å². The first kappa shape index (κ1) is 14.6. The number of aromatic nitrogens is 1. The molecule has 0 radical (unpaired) electrons. The van der Waals surface area contributed by atoms with Crippen LogP contribution in [0.3, 0.4) is 0 Å². The van der Waals surface area contributed by atoms with Crippen molar-refractivity contribution in [1.29, 1.82) is 0 Å². The molecule has 0 spiro atoms. The zero-order chi connectivity index (χ0) is 14.7. The molecule has 2 aromatic heterocycles. The van der Waals surface area contributed by atoms with Gasteiger partial charge in [-0.2, -0.15) is 11.3 Å². The fraction of sp³-hybridized carbons (Fsp3) is 0.357. The Morgan fingerprint density at radius 2 is 2.05 bits per heavy atom. The van der Waals surface area contributed by atoms with Gasteiger partial charge in [-0.25, -0.2) is 18.1 Å². The predicted molar refractivity (Wildman–Crippen MR) is 82.4 cm³/mol. The number of nitrogens with one attached hydrogen (secondary N) is 2. The van der Waals surface area contributed by atoms with Crippen LogP contribution in [0.1, 0.15) is 24.0 Å². The molecule has 3 rings (SSSR count). The molecule has 2 heterocycles. The highest BCUT2D eigenvalue weighted by Crippen LogP contribution is 2.19. The SMILES string of the molecule is O=S(=O)(NCc1ccsc1)c1ccc(CNC2CC2)cn1. The lowest BCUT2D eigenvalue weighted by Gasteiger charge is -2.07. The minimum Gasteiger partial charge on any atom is -0.310 e. The molecule has 1 aliphatic carbocycles. The highest BCUT2D eigenvalue weighted by molar-refractivity contribution is 7.89. The smallest absolute Gasteiger partial charge is 0.258 e. The van der Waals surface area contributed by atoms with Gasteiger partial charge >= 0.3 is 0 Å². The standard InChI is InChI=1S/C14H17N3O2S2/c18-21(19,17-9-12-5-6-20-10-12)14-4-1-11(8-16-14)7-15-13-2-3-13/h1,4-6,8,10,13,15,17H,2-3,7,9H2. The Balaban J connectivity index is 1.61. The Morgan fingerprint density at radius 1 is 1.19 bits per heavy atom. The van der Waals surface area contributed by atoms with Crippen molar-refractivity contribution in [3.05, 3.63) is 46.3 Å². The highest BCUT2D eigenvalue weighted by Gasteiger charge is 2.20. The number of nitrogens with zero attached hydrogens (tertiary/aromatic N) is 1. The molecule has 5 nitrogen and oxygen atoms in total. The van der Waals surface area contributed by atoms with Gasteiger partial charge in [-0.15, -0.1) is 0 Å². The molecule has 0 bridgehead atoms. The van der Waals surface area contributed by atoms with Crippen LogP contribution < -0.4 is 10.0 Å². The van der Waals surface area contributed by atoms with E-state index in [4.69, 9.17) is 0 Å². The number of thiophene rings is 1. The van der Waals surface area contributed by atoms with Crippen molar-refractivity contribution in [2.24, 2.45) is 0 Å². The average Bonchev–Trinajstić information content (AvgIpc) is 3.17. The first-order valence-corrected chi connectivity index (χ1v) is 9.25. The van der Waals surface area contributed by atoms with E-state index in [9.17, 15) is 8.42 Å². The lowest BCUT2D eigenvalue weighted by molar-refractivity contribution is 0.577. The number of pyridine rings is 1. The lowest BCUT2D eigenvalue weighted by atomic mass is 10.3. The number of hydrogen-bond acceptors (Lipinski definition) is 5. The second-order valence-corrected chi connectivity index (χ2v) is 7.61. The molecule has 1 aliphatic rings. The molecule has 0 unspecified atom stereocenters. The Hall–Kier alpha value is -1.28. The van der Waals surface area contributed by atoms with Gasteiger partial charge in [0.15, 0.2) is 5.03 Å². The second kappa shape index (κ2) is 6.23. The molecule has 2 aromatic rings. The monoisotopic (exact) mass is 323 g/mol. The van der Waals surface area contributed by atoms with Crippen molar-refractivity contribution in [3.63, 3.8) is 0 Å². The molecule has 1 saturated carbocycles. The molecule has 0 aromatic carbocycles.